The molecule has 0 spiro atoms. The van der Waals surface area contributed by atoms with E-state index < -0.39 is 16.1 Å². The molecule has 0 aromatic heterocycles. The number of hydrogen-bond acceptors (Lipinski definition) is 5. The van der Waals surface area contributed by atoms with E-state index in [0.717, 1.165) is 6.42 Å². The highest BCUT2D eigenvalue weighted by Gasteiger charge is 2.33. The van der Waals surface area contributed by atoms with Gasteiger partial charge in [-0.15, -0.1) is 0 Å². The first-order valence-corrected chi connectivity index (χ1v) is 12.6. The summed E-state index contributed by atoms with van der Waals surface area (Å²) in [5, 5.41) is 2.74. The van der Waals surface area contributed by atoms with Crippen LogP contribution in [-0.4, -0.2) is 61.7 Å². The number of hydrogen-bond donors (Lipinski definition) is 1. The molecule has 1 N–H and O–H groups in total. The fraction of sp³-hybridized carbons (Fsp3) is 0.636. The lowest BCUT2D eigenvalue weighted by atomic mass is 10.0. The monoisotopic (exact) mass is 449 g/mol. The highest BCUT2D eigenvalue weighted by Crippen LogP contribution is 2.35. The summed E-state index contributed by atoms with van der Waals surface area (Å²) < 4.78 is 33.6. The van der Waals surface area contributed by atoms with Gasteiger partial charge in [0.15, 0.2) is 6.10 Å². The van der Waals surface area contributed by atoms with Crippen LogP contribution in [0.4, 0.5) is 5.69 Å². The molecule has 3 aliphatic rings. The Labute approximate surface area is 184 Å². The van der Waals surface area contributed by atoms with Crippen LogP contribution in [0.2, 0.25) is 0 Å². The Balaban J connectivity index is 1.40. The third-order valence-corrected chi connectivity index (χ3v) is 8.70. The van der Waals surface area contributed by atoms with Crippen LogP contribution in [0.15, 0.2) is 17.0 Å². The van der Waals surface area contributed by atoms with Gasteiger partial charge in [-0.05, 0) is 37.8 Å². The summed E-state index contributed by atoms with van der Waals surface area (Å²) in [7, 11) is -3.73. The van der Waals surface area contributed by atoms with Gasteiger partial charge < -0.3 is 15.0 Å². The minimum absolute atomic E-state index is 0.132. The number of carbonyl (C=O) groups is 2. The van der Waals surface area contributed by atoms with Crippen LogP contribution in [-0.2, 0) is 19.6 Å². The second-order valence-electron chi connectivity index (χ2n) is 8.84. The molecular formula is C22H31N3O5S. The smallest absolute Gasteiger partial charge is 0.265 e. The Morgan fingerprint density at radius 2 is 1.84 bits per heavy atom. The number of benzene rings is 1. The van der Waals surface area contributed by atoms with E-state index in [-0.39, 0.29) is 29.8 Å². The molecule has 2 fully saturated rings. The molecule has 0 radical (unpaired) electrons. The van der Waals surface area contributed by atoms with E-state index in [2.05, 4.69) is 5.32 Å². The van der Waals surface area contributed by atoms with Crippen LogP contribution in [0.5, 0.6) is 5.75 Å². The number of amides is 2. The average molecular weight is 450 g/mol. The fourth-order valence-electron chi connectivity index (χ4n) is 4.72. The van der Waals surface area contributed by atoms with E-state index in [1.165, 1.54) is 36.1 Å². The molecule has 2 heterocycles. The molecule has 1 aromatic carbocycles. The zero-order valence-corrected chi connectivity index (χ0v) is 19.0. The van der Waals surface area contributed by atoms with Gasteiger partial charge in [-0.3, -0.25) is 9.59 Å². The largest absolute Gasteiger partial charge is 0.479 e. The van der Waals surface area contributed by atoms with Crippen molar-refractivity contribution in [3.63, 3.8) is 0 Å². The van der Waals surface area contributed by atoms with Gasteiger partial charge in [0.05, 0.1) is 10.6 Å². The third-order valence-electron chi connectivity index (χ3n) is 6.66. The molecule has 2 aliphatic heterocycles. The summed E-state index contributed by atoms with van der Waals surface area (Å²) in [6.45, 7) is 4.71. The molecule has 1 saturated carbocycles. The van der Waals surface area contributed by atoms with Crippen LogP contribution >= 0.6 is 0 Å². The molecule has 31 heavy (non-hydrogen) atoms. The zero-order valence-electron chi connectivity index (χ0n) is 18.2. The molecule has 1 aliphatic carbocycles. The van der Waals surface area contributed by atoms with E-state index in [1.54, 1.807) is 24.8 Å². The van der Waals surface area contributed by atoms with Crippen molar-refractivity contribution in [2.45, 2.75) is 63.4 Å². The lowest BCUT2D eigenvalue weighted by molar-refractivity contribution is -0.132. The van der Waals surface area contributed by atoms with Gasteiger partial charge in [-0.2, -0.15) is 4.31 Å². The summed E-state index contributed by atoms with van der Waals surface area (Å²) in [5.41, 5.74) is 1.03. The number of fused-ring (bicyclic) bond motifs is 1. The SMILES string of the molecule is Cc1cc2c(cc1S(=O)(=O)N1CCN(C(=O)CCC3CCCC3)CC1)OC(C)C(=O)N2. The number of aryl methyl sites for hydroxylation is 1. The molecule has 9 heteroatoms. The minimum Gasteiger partial charge on any atom is -0.479 e. The molecule has 1 atom stereocenters. The molecule has 2 amide bonds. The summed E-state index contributed by atoms with van der Waals surface area (Å²) >= 11 is 0. The second-order valence-corrected chi connectivity index (χ2v) is 10.7. The van der Waals surface area contributed by atoms with Gasteiger partial charge in [0.1, 0.15) is 5.75 Å². The van der Waals surface area contributed by atoms with Crippen molar-refractivity contribution in [1.82, 2.24) is 9.21 Å². The highest BCUT2D eigenvalue weighted by atomic mass is 32.2. The Bertz CT molecular complexity index is 964. The van der Waals surface area contributed by atoms with Crippen LogP contribution in [0.25, 0.3) is 0 Å². The first-order valence-electron chi connectivity index (χ1n) is 11.2. The van der Waals surface area contributed by atoms with Gasteiger partial charge in [0.25, 0.3) is 5.91 Å². The summed E-state index contributed by atoms with van der Waals surface area (Å²) in [6.07, 6.45) is 5.83. The van der Waals surface area contributed by atoms with Gasteiger partial charge in [-0.1, -0.05) is 25.7 Å². The molecule has 1 saturated heterocycles. The zero-order chi connectivity index (χ0) is 22.2. The van der Waals surface area contributed by atoms with E-state index in [9.17, 15) is 18.0 Å². The Hall–Kier alpha value is -2.13. The van der Waals surface area contributed by atoms with Crippen LogP contribution in [0.3, 0.4) is 0 Å². The third kappa shape index (κ3) is 4.57. The number of sulfonamides is 1. The van der Waals surface area contributed by atoms with Crippen molar-refractivity contribution in [2.75, 3.05) is 31.5 Å². The molecule has 4 rings (SSSR count). The number of nitrogens with zero attached hydrogens (tertiary/aromatic N) is 2. The first kappa shape index (κ1) is 22.1. The normalized spacial score (nSPS) is 22.7. The van der Waals surface area contributed by atoms with E-state index in [0.29, 0.717) is 42.4 Å². The van der Waals surface area contributed by atoms with Crippen LogP contribution < -0.4 is 10.1 Å². The van der Waals surface area contributed by atoms with E-state index >= 15 is 0 Å². The van der Waals surface area contributed by atoms with Gasteiger partial charge in [0, 0.05) is 38.7 Å². The number of carbonyl (C=O) groups excluding carboxylic acids is 2. The molecule has 1 aromatic rings. The number of rotatable bonds is 5. The van der Waals surface area contributed by atoms with Crippen molar-refractivity contribution in [3.05, 3.63) is 17.7 Å². The molecule has 8 nitrogen and oxygen atoms in total. The fourth-order valence-corrected chi connectivity index (χ4v) is 6.37. The van der Waals surface area contributed by atoms with Crippen LogP contribution in [0, 0.1) is 12.8 Å². The van der Waals surface area contributed by atoms with Crippen molar-refractivity contribution in [2.24, 2.45) is 5.92 Å². The van der Waals surface area contributed by atoms with Gasteiger partial charge in [-0.25, -0.2) is 8.42 Å². The second kappa shape index (κ2) is 8.78. The topological polar surface area (TPSA) is 96.0 Å². The molecular weight excluding hydrogens is 418 g/mol. The maximum atomic E-state index is 13.3. The minimum atomic E-state index is -3.73. The lowest BCUT2D eigenvalue weighted by Gasteiger charge is -2.34. The first-order chi connectivity index (χ1) is 14.8. The van der Waals surface area contributed by atoms with E-state index in [1.807, 2.05) is 0 Å². The molecule has 170 valence electrons. The summed E-state index contributed by atoms with van der Waals surface area (Å²) in [6, 6.07) is 3.13. The van der Waals surface area contributed by atoms with Crippen LogP contribution in [0.1, 0.15) is 51.0 Å². The van der Waals surface area contributed by atoms with Gasteiger partial charge >= 0.3 is 0 Å². The lowest BCUT2D eigenvalue weighted by Crippen LogP contribution is -2.50. The summed E-state index contributed by atoms with van der Waals surface area (Å²) in [4.78, 5) is 26.3. The van der Waals surface area contributed by atoms with Crippen molar-refractivity contribution in [1.29, 1.82) is 0 Å². The quantitative estimate of drug-likeness (QED) is 0.745. The molecule has 1 unspecified atom stereocenters. The number of nitrogens with one attached hydrogen (secondary N) is 1. The van der Waals surface area contributed by atoms with Gasteiger partial charge in [0.2, 0.25) is 15.9 Å². The standard InChI is InChI=1S/C22H31N3O5S/c1-15-13-18-19(30-16(2)22(27)23-18)14-20(15)31(28,29)25-11-9-24(10-12-25)21(26)8-7-17-5-3-4-6-17/h13-14,16-17H,3-12H2,1-2H3,(H,23,27). The summed E-state index contributed by atoms with van der Waals surface area (Å²) in [5.74, 6) is 0.910. The van der Waals surface area contributed by atoms with Crippen molar-refractivity contribution in [3.8, 4) is 5.75 Å². The predicted octanol–water partition coefficient (Wildman–Crippen LogP) is 2.52. The number of ether oxygens (including phenoxy) is 1. The maximum Gasteiger partial charge on any atom is 0.265 e. The maximum absolute atomic E-state index is 13.3. The Morgan fingerprint density at radius 3 is 2.52 bits per heavy atom. The Morgan fingerprint density at radius 1 is 1.16 bits per heavy atom. The van der Waals surface area contributed by atoms with E-state index in [4.69, 9.17) is 4.74 Å². The Kier molecular flexibility index (Phi) is 6.25. The highest BCUT2D eigenvalue weighted by molar-refractivity contribution is 7.89. The predicted molar refractivity (Wildman–Crippen MR) is 116 cm³/mol. The number of anilines is 1. The van der Waals surface area contributed by atoms with Crippen molar-refractivity contribution < 1.29 is 22.7 Å². The number of piperazine rings is 1. The van der Waals surface area contributed by atoms with Crippen molar-refractivity contribution >= 4 is 27.5 Å². The average Bonchev–Trinajstić information content (AvgIpc) is 3.26. The molecule has 0 bridgehead atoms.